The molecule has 1 saturated carbocycles. The van der Waals surface area contributed by atoms with Crippen molar-refractivity contribution in [3.63, 3.8) is 0 Å². The smallest absolute Gasteiger partial charge is 0.251 e. The molecule has 1 fully saturated rings. The van der Waals surface area contributed by atoms with Gasteiger partial charge in [-0.15, -0.1) is 0 Å². The Balaban J connectivity index is 2.26. The van der Waals surface area contributed by atoms with Gasteiger partial charge in [0.25, 0.3) is 5.91 Å². The fraction of sp³-hybridized carbons (Fsp3) is 0.364. The molecule has 0 aliphatic heterocycles. The van der Waals surface area contributed by atoms with Gasteiger partial charge in [0.2, 0.25) is 10.0 Å². The summed E-state index contributed by atoms with van der Waals surface area (Å²) in [4.78, 5) is 11.1. The Bertz CT molecular complexity index is 582. The highest BCUT2D eigenvalue weighted by Gasteiger charge is 2.22. The Morgan fingerprint density at radius 3 is 2.56 bits per heavy atom. The van der Waals surface area contributed by atoms with E-state index in [0.29, 0.717) is 0 Å². The third-order valence-electron chi connectivity index (χ3n) is 2.94. The number of carbonyl (C=O) groups excluding carboxylic acids is 1. The van der Waals surface area contributed by atoms with Crippen LogP contribution in [0.4, 0.5) is 4.39 Å². The number of hydrogen-bond acceptors (Lipinski definition) is 3. The largest absolute Gasteiger partial charge is 0.349 e. The van der Waals surface area contributed by atoms with Crippen LogP contribution in [0.25, 0.3) is 0 Å². The van der Waals surface area contributed by atoms with E-state index < -0.39 is 26.6 Å². The number of hydrogen-bond donors (Lipinski definition) is 2. The van der Waals surface area contributed by atoms with Gasteiger partial charge in [0.1, 0.15) is 10.7 Å². The van der Waals surface area contributed by atoms with E-state index >= 15 is 0 Å². The van der Waals surface area contributed by atoms with Crippen LogP contribution in [0.3, 0.4) is 0 Å². The Hall–Kier alpha value is -1.47. The molecule has 0 spiro atoms. The minimum absolute atomic E-state index is 0.0901. The summed E-state index contributed by atoms with van der Waals surface area (Å²) in [5, 5.41) is 7.60. The molecule has 1 aliphatic rings. The van der Waals surface area contributed by atoms with Crippen molar-refractivity contribution in [2.75, 3.05) is 0 Å². The Morgan fingerprint density at radius 1 is 1.39 bits per heavy atom. The molecule has 98 valence electrons. The maximum atomic E-state index is 13.3. The zero-order valence-corrected chi connectivity index (χ0v) is 10.3. The van der Waals surface area contributed by atoms with Gasteiger partial charge in [-0.05, 0) is 37.5 Å². The lowest BCUT2D eigenvalue weighted by molar-refractivity contribution is 0.0916. The second-order valence-corrected chi connectivity index (χ2v) is 5.82. The van der Waals surface area contributed by atoms with Crippen LogP contribution in [-0.4, -0.2) is 20.4 Å². The molecule has 1 aliphatic carbocycles. The van der Waals surface area contributed by atoms with Crippen LogP contribution in [0, 0.1) is 5.82 Å². The summed E-state index contributed by atoms with van der Waals surface area (Å²) < 4.78 is 35.5. The molecule has 1 aromatic rings. The molecule has 18 heavy (non-hydrogen) atoms. The number of halogens is 1. The number of sulfonamides is 1. The Kier molecular flexibility index (Phi) is 3.36. The number of rotatable bonds is 3. The van der Waals surface area contributed by atoms with E-state index in [0.717, 1.165) is 31.4 Å². The molecule has 0 saturated heterocycles. The van der Waals surface area contributed by atoms with E-state index in [-0.39, 0.29) is 11.6 Å². The quantitative estimate of drug-likeness (QED) is 0.851. The summed E-state index contributed by atoms with van der Waals surface area (Å²) in [7, 11) is -4.16. The second-order valence-electron chi connectivity index (χ2n) is 4.29. The van der Waals surface area contributed by atoms with Crippen molar-refractivity contribution in [3.8, 4) is 0 Å². The van der Waals surface area contributed by atoms with Gasteiger partial charge in [-0.25, -0.2) is 17.9 Å². The number of benzene rings is 1. The van der Waals surface area contributed by atoms with Crippen LogP contribution in [0.2, 0.25) is 0 Å². The first-order valence-corrected chi connectivity index (χ1v) is 7.06. The predicted molar refractivity (Wildman–Crippen MR) is 62.9 cm³/mol. The molecule has 0 heterocycles. The zero-order valence-electron chi connectivity index (χ0n) is 9.52. The lowest BCUT2D eigenvalue weighted by Crippen LogP contribution is -2.39. The van der Waals surface area contributed by atoms with Crippen molar-refractivity contribution in [1.29, 1.82) is 0 Å². The van der Waals surface area contributed by atoms with Crippen LogP contribution in [0.15, 0.2) is 23.1 Å². The van der Waals surface area contributed by atoms with Crippen molar-refractivity contribution in [2.24, 2.45) is 5.14 Å². The molecule has 0 atom stereocenters. The highest BCUT2D eigenvalue weighted by molar-refractivity contribution is 7.89. The molecule has 1 aromatic carbocycles. The minimum Gasteiger partial charge on any atom is -0.349 e. The molecule has 0 bridgehead atoms. The molecule has 0 unspecified atom stereocenters. The summed E-state index contributed by atoms with van der Waals surface area (Å²) in [6.45, 7) is 0. The zero-order chi connectivity index (χ0) is 13.3. The lowest BCUT2D eigenvalue weighted by atomic mass is 9.93. The summed E-state index contributed by atoms with van der Waals surface area (Å²) in [5.74, 6) is -1.37. The van der Waals surface area contributed by atoms with Crippen LogP contribution in [0.5, 0.6) is 0 Å². The number of carbonyl (C=O) groups is 1. The van der Waals surface area contributed by atoms with Gasteiger partial charge >= 0.3 is 0 Å². The topological polar surface area (TPSA) is 89.3 Å². The number of primary sulfonamides is 1. The van der Waals surface area contributed by atoms with Crippen molar-refractivity contribution in [1.82, 2.24) is 5.32 Å². The molecule has 2 rings (SSSR count). The third-order valence-corrected chi connectivity index (χ3v) is 3.87. The number of nitrogens with two attached hydrogens (primary N) is 1. The molecule has 0 aromatic heterocycles. The SMILES string of the molecule is NS(=O)(=O)c1cc(C(=O)NC2CCC2)ccc1F. The molecular weight excluding hydrogens is 259 g/mol. The van der Waals surface area contributed by atoms with E-state index in [1.807, 2.05) is 0 Å². The molecule has 7 heteroatoms. The van der Waals surface area contributed by atoms with Gasteiger partial charge in [0.05, 0.1) is 0 Å². The van der Waals surface area contributed by atoms with E-state index in [1.54, 1.807) is 0 Å². The van der Waals surface area contributed by atoms with Crippen LogP contribution >= 0.6 is 0 Å². The van der Waals surface area contributed by atoms with Crippen molar-refractivity contribution >= 4 is 15.9 Å². The van der Waals surface area contributed by atoms with Gasteiger partial charge in [-0.2, -0.15) is 0 Å². The van der Waals surface area contributed by atoms with Crippen molar-refractivity contribution < 1.29 is 17.6 Å². The summed E-state index contributed by atoms with van der Waals surface area (Å²) >= 11 is 0. The van der Waals surface area contributed by atoms with Gasteiger partial charge < -0.3 is 5.32 Å². The monoisotopic (exact) mass is 272 g/mol. The first-order chi connectivity index (χ1) is 8.38. The van der Waals surface area contributed by atoms with Gasteiger partial charge in [-0.3, -0.25) is 4.79 Å². The van der Waals surface area contributed by atoms with E-state index in [4.69, 9.17) is 5.14 Å². The fourth-order valence-electron chi connectivity index (χ4n) is 1.68. The average molecular weight is 272 g/mol. The molecule has 0 radical (unpaired) electrons. The Morgan fingerprint density at radius 2 is 2.06 bits per heavy atom. The normalized spacial score (nSPS) is 16.1. The van der Waals surface area contributed by atoms with Gasteiger partial charge in [0, 0.05) is 11.6 Å². The van der Waals surface area contributed by atoms with E-state index in [1.165, 1.54) is 6.07 Å². The first-order valence-electron chi connectivity index (χ1n) is 5.51. The van der Waals surface area contributed by atoms with Gasteiger partial charge in [0.15, 0.2) is 0 Å². The maximum Gasteiger partial charge on any atom is 0.251 e. The van der Waals surface area contributed by atoms with Crippen LogP contribution < -0.4 is 10.5 Å². The predicted octanol–water partition coefficient (Wildman–Crippen LogP) is 0.755. The summed E-state index contributed by atoms with van der Waals surface area (Å²) in [5.41, 5.74) is 0.0901. The van der Waals surface area contributed by atoms with Crippen LogP contribution in [-0.2, 0) is 10.0 Å². The molecule has 3 N–H and O–H groups in total. The Labute approximate surface area is 104 Å². The second kappa shape index (κ2) is 4.66. The highest BCUT2D eigenvalue weighted by atomic mass is 32.2. The van der Waals surface area contributed by atoms with E-state index in [2.05, 4.69) is 5.32 Å². The number of nitrogens with one attached hydrogen (secondary N) is 1. The fourth-order valence-corrected chi connectivity index (χ4v) is 2.32. The van der Waals surface area contributed by atoms with E-state index in [9.17, 15) is 17.6 Å². The number of amides is 1. The summed E-state index contributed by atoms with van der Waals surface area (Å²) in [6, 6.07) is 3.24. The molecule has 1 amide bonds. The molecule has 5 nitrogen and oxygen atoms in total. The van der Waals surface area contributed by atoms with Crippen molar-refractivity contribution in [3.05, 3.63) is 29.6 Å². The average Bonchev–Trinajstić information content (AvgIpc) is 2.22. The highest BCUT2D eigenvalue weighted by Crippen LogP contribution is 2.19. The minimum atomic E-state index is -4.16. The maximum absolute atomic E-state index is 13.3. The van der Waals surface area contributed by atoms with Gasteiger partial charge in [-0.1, -0.05) is 0 Å². The first kappa shape index (κ1) is 13.0. The lowest BCUT2D eigenvalue weighted by Gasteiger charge is -2.26. The van der Waals surface area contributed by atoms with Crippen LogP contribution in [0.1, 0.15) is 29.6 Å². The molecular formula is C11H13FN2O3S. The standard InChI is InChI=1S/C11H13FN2O3S/c12-9-5-4-7(6-10(9)18(13,16)17)11(15)14-8-2-1-3-8/h4-6,8H,1-3H2,(H,14,15)(H2,13,16,17). The van der Waals surface area contributed by atoms with Crippen molar-refractivity contribution in [2.45, 2.75) is 30.2 Å². The summed E-state index contributed by atoms with van der Waals surface area (Å²) in [6.07, 6.45) is 2.89. The third kappa shape index (κ3) is 2.68.